The van der Waals surface area contributed by atoms with E-state index in [-0.39, 0.29) is 5.88 Å². The molecule has 0 fully saturated rings. The van der Waals surface area contributed by atoms with Gasteiger partial charge in [-0.15, -0.1) is 0 Å². The Morgan fingerprint density at radius 2 is 1.87 bits per heavy atom. The second kappa shape index (κ2) is 17.2. The van der Waals surface area contributed by atoms with E-state index in [1.54, 1.807) is 7.05 Å². The second-order valence-corrected chi connectivity index (χ2v) is 5.34. The third-order valence-electron chi connectivity index (χ3n) is 3.48. The van der Waals surface area contributed by atoms with Gasteiger partial charge in [-0.2, -0.15) is 0 Å². The molecular formula is C22H36N2O6. The molecule has 0 spiro atoms. The standard InChI is InChI=1S/C18H24N2O6.2C2H6/c1-5-7-11(6-2)8-12(10-19-3)16(20-4)26-18-15(22)13(21)9-14(25-18)17(23)24;2*1-2/h5-7,9-10,13,15,18,21-22H,4,8H2,1-3H3,(H,23,24);2*1-2H3/b7-5-,11-6+,16-12+,19-10?;;. The third kappa shape index (κ3) is 9.67. The largest absolute Gasteiger partial charge is 0.475 e. The van der Waals surface area contributed by atoms with E-state index in [0.717, 1.165) is 11.6 Å². The highest BCUT2D eigenvalue weighted by Gasteiger charge is 2.37. The highest BCUT2D eigenvalue weighted by atomic mass is 16.7. The molecule has 0 amide bonds. The number of carboxylic acids is 1. The molecule has 0 saturated carbocycles. The highest BCUT2D eigenvalue weighted by molar-refractivity contribution is 5.84. The van der Waals surface area contributed by atoms with Crippen LogP contribution >= 0.6 is 0 Å². The van der Waals surface area contributed by atoms with Crippen molar-refractivity contribution in [1.29, 1.82) is 0 Å². The van der Waals surface area contributed by atoms with Gasteiger partial charge in [-0.25, -0.2) is 9.79 Å². The Kier molecular flexibility index (Phi) is 16.9. The lowest BCUT2D eigenvalue weighted by molar-refractivity contribution is -0.192. The van der Waals surface area contributed by atoms with Crippen LogP contribution < -0.4 is 0 Å². The van der Waals surface area contributed by atoms with Gasteiger partial charge in [-0.3, -0.25) is 4.99 Å². The van der Waals surface area contributed by atoms with E-state index >= 15 is 0 Å². The maximum absolute atomic E-state index is 11.1. The Bertz CT molecular complexity index is 677. The van der Waals surface area contributed by atoms with Gasteiger partial charge in [0.05, 0.1) is 0 Å². The molecule has 0 aromatic rings. The summed E-state index contributed by atoms with van der Waals surface area (Å²) in [7, 11) is 1.58. The summed E-state index contributed by atoms with van der Waals surface area (Å²) in [5, 5.41) is 28.8. The molecule has 8 heteroatoms. The summed E-state index contributed by atoms with van der Waals surface area (Å²) in [5.74, 6) is -1.89. The number of nitrogens with zero attached hydrogens (tertiary/aromatic N) is 2. The molecule has 1 aliphatic heterocycles. The van der Waals surface area contributed by atoms with Gasteiger partial charge in [0.15, 0.2) is 6.10 Å². The van der Waals surface area contributed by atoms with Crippen LogP contribution in [0, 0.1) is 0 Å². The number of hydrogen-bond donors (Lipinski definition) is 3. The molecule has 3 atom stereocenters. The molecule has 1 heterocycles. The fourth-order valence-corrected chi connectivity index (χ4v) is 2.21. The Hall–Kier alpha value is -2.71. The van der Waals surface area contributed by atoms with Gasteiger partial charge in [-0.1, -0.05) is 45.9 Å². The maximum atomic E-state index is 11.1. The first kappa shape index (κ1) is 29.5. The first-order valence-electron chi connectivity index (χ1n) is 9.92. The molecule has 1 rings (SSSR count). The lowest BCUT2D eigenvalue weighted by Gasteiger charge is -2.30. The van der Waals surface area contributed by atoms with E-state index in [4.69, 9.17) is 14.6 Å². The lowest BCUT2D eigenvalue weighted by Crippen LogP contribution is -2.44. The number of carbonyl (C=O) groups is 1. The van der Waals surface area contributed by atoms with Crippen molar-refractivity contribution in [2.45, 2.75) is 66.5 Å². The van der Waals surface area contributed by atoms with Crippen molar-refractivity contribution >= 4 is 18.9 Å². The lowest BCUT2D eigenvalue weighted by atomic mass is 10.1. The molecule has 0 aliphatic carbocycles. The van der Waals surface area contributed by atoms with E-state index in [2.05, 4.69) is 16.7 Å². The van der Waals surface area contributed by atoms with Crippen molar-refractivity contribution in [3.63, 3.8) is 0 Å². The second-order valence-electron chi connectivity index (χ2n) is 5.34. The minimum Gasteiger partial charge on any atom is -0.475 e. The van der Waals surface area contributed by atoms with Crippen LogP contribution in [0.2, 0.25) is 0 Å². The minimum atomic E-state index is -1.49. The van der Waals surface area contributed by atoms with Crippen LogP contribution in [0.25, 0.3) is 0 Å². The van der Waals surface area contributed by atoms with Crippen molar-refractivity contribution in [2.75, 3.05) is 7.05 Å². The van der Waals surface area contributed by atoms with Gasteiger partial charge in [0.25, 0.3) is 6.29 Å². The van der Waals surface area contributed by atoms with Crippen LogP contribution in [-0.4, -0.2) is 59.8 Å². The first-order chi connectivity index (χ1) is 14.4. The zero-order valence-corrected chi connectivity index (χ0v) is 19.0. The molecule has 170 valence electrons. The van der Waals surface area contributed by atoms with Crippen LogP contribution in [-0.2, 0) is 14.3 Å². The number of aliphatic carboxylic acids is 1. The topological polar surface area (TPSA) is 121 Å². The Morgan fingerprint density at radius 1 is 1.27 bits per heavy atom. The molecule has 0 aromatic carbocycles. The quantitative estimate of drug-likeness (QED) is 0.311. The number of allylic oxidation sites excluding steroid dienone is 5. The normalized spacial score (nSPS) is 22.0. The van der Waals surface area contributed by atoms with Crippen LogP contribution in [0.15, 0.2) is 57.1 Å². The molecule has 3 unspecified atom stereocenters. The summed E-state index contributed by atoms with van der Waals surface area (Å²) in [6.45, 7) is 15.2. The number of carboxylic acid groups (broad SMARTS) is 1. The third-order valence-corrected chi connectivity index (χ3v) is 3.48. The number of hydrogen-bond acceptors (Lipinski definition) is 7. The Labute approximate surface area is 179 Å². The van der Waals surface area contributed by atoms with Crippen LogP contribution in [0.4, 0.5) is 0 Å². The minimum absolute atomic E-state index is 0.0161. The summed E-state index contributed by atoms with van der Waals surface area (Å²) in [4.78, 5) is 18.8. The average molecular weight is 425 g/mol. The average Bonchev–Trinajstić information content (AvgIpc) is 2.76. The van der Waals surface area contributed by atoms with Crippen LogP contribution in [0.1, 0.15) is 48.0 Å². The molecule has 1 aliphatic rings. The zero-order chi connectivity index (χ0) is 23.7. The van der Waals surface area contributed by atoms with Gasteiger partial charge in [-0.05, 0) is 32.2 Å². The monoisotopic (exact) mass is 424 g/mol. The van der Waals surface area contributed by atoms with Crippen LogP contribution in [0.3, 0.4) is 0 Å². The smallest absolute Gasteiger partial charge is 0.371 e. The van der Waals surface area contributed by atoms with Gasteiger partial charge in [0, 0.05) is 25.3 Å². The predicted molar refractivity (Wildman–Crippen MR) is 121 cm³/mol. The van der Waals surface area contributed by atoms with Crippen molar-refractivity contribution in [3.8, 4) is 0 Å². The maximum Gasteiger partial charge on any atom is 0.371 e. The van der Waals surface area contributed by atoms with Gasteiger partial charge in [0.1, 0.15) is 6.10 Å². The van der Waals surface area contributed by atoms with E-state index in [1.165, 1.54) is 6.21 Å². The summed E-state index contributed by atoms with van der Waals surface area (Å²) >= 11 is 0. The molecule has 8 nitrogen and oxygen atoms in total. The number of ether oxygens (including phenoxy) is 2. The van der Waals surface area contributed by atoms with Gasteiger partial charge < -0.3 is 24.8 Å². The van der Waals surface area contributed by atoms with Crippen molar-refractivity contribution in [1.82, 2.24) is 0 Å². The van der Waals surface area contributed by atoms with E-state index in [1.807, 2.05) is 59.8 Å². The summed E-state index contributed by atoms with van der Waals surface area (Å²) in [5.41, 5.74) is 1.51. The first-order valence-corrected chi connectivity index (χ1v) is 9.92. The van der Waals surface area contributed by atoms with Crippen molar-refractivity contribution < 1.29 is 29.6 Å². The summed E-state index contributed by atoms with van der Waals surface area (Å²) in [6, 6.07) is 0. The molecule has 3 N–H and O–H groups in total. The fourth-order valence-electron chi connectivity index (χ4n) is 2.21. The van der Waals surface area contributed by atoms with Crippen molar-refractivity contribution in [3.05, 3.63) is 47.1 Å². The molecule has 0 saturated heterocycles. The Morgan fingerprint density at radius 3 is 2.30 bits per heavy atom. The SMILES string of the molecule is C=N/C(OC1OC(C(=O)O)=CC(O)C1O)=C(\C=NC)CC(/C=C\C)=C/C.CC.CC. The molecule has 0 bridgehead atoms. The zero-order valence-electron chi connectivity index (χ0n) is 19.0. The predicted octanol–water partition coefficient (Wildman–Crippen LogP) is 3.63. The molecular weight excluding hydrogens is 388 g/mol. The number of aliphatic hydroxyl groups is 2. The fraction of sp³-hybridized carbons (Fsp3) is 0.500. The molecule has 0 radical (unpaired) electrons. The summed E-state index contributed by atoms with van der Waals surface area (Å²) in [6.07, 6.45) is 4.13. The molecule has 0 aromatic heterocycles. The van der Waals surface area contributed by atoms with Crippen LogP contribution in [0.5, 0.6) is 0 Å². The number of aliphatic imine (C=N–C) groups is 2. The van der Waals surface area contributed by atoms with E-state index in [9.17, 15) is 15.0 Å². The molecule has 30 heavy (non-hydrogen) atoms. The number of rotatable bonds is 8. The van der Waals surface area contributed by atoms with Gasteiger partial charge in [0.2, 0.25) is 11.6 Å². The number of aliphatic hydroxyl groups excluding tert-OH is 2. The Balaban J connectivity index is 0. The van der Waals surface area contributed by atoms with Crippen molar-refractivity contribution in [2.24, 2.45) is 9.98 Å². The van der Waals surface area contributed by atoms with Gasteiger partial charge >= 0.3 is 5.97 Å². The highest BCUT2D eigenvalue weighted by Crippen LogP contribution is 2.24. The summed E-state index contributed by atoms with van der Waals surface area (Å²) < 4.78 is 10.6. The van der Waals surface area contributed by atoms with E-state index < -0.39 is 30.2 Å². The van der Waals surface area contributed by atoms with E-state index in [0.29, 0.717) is 12.0 Å².